The minimum Gasteiger partial charge on any atom is -0.477 e. The fourth-order valence-electron chi connectivity index (χ4n) is 17.2. The first-order valence-corrected chi connectivity index (χ1v) is 46.2. The van der Waals surface area contributed by atoms with E-state index in [1.165, 1.54) is 128 Å². The van der Waals surface area contributed by atoms with Gasteiger partial charge in [0, 0.05) is 33.1 Å². The molecule has 128 heavy (non-hydrogen) atoms. The van der Waals surface area contributed by atoms with E-state index < -0.39 is 296 Å². The Balaban J connectivity index is 1.24. The van der Waals surface area contributed by atoms with Crippen LogP contribution in [0.3, 0.4) is 0 Å². The van der Waals surface area contributed by atoms with E-state index in [0.29, 0.717) is 12.8 Å². The highest BCUT2D eigenvalue weighted by atomic mass is 16.8. The van der Waals surface area contributed by atoms with Gasteiger partial charge in [-0.2, -0.15) is 0 Å². The van der Waals surface area contributed by atoms with Gasteiger partial charge in [0.05, 0.1) is 76.6 Å². The maximum atomic E-state index is 13.8. The molecule has 6 aliphatic rings. The van der Waals surface area contributed by atoms with Crippen molar-refractivity contribution < 1.29 is 193 Å². The Hall–Kier alpha value is -4.19. The van der Waals surface area contributed by atoms with Crippen LogP contribution in [0.2, 0.25) is 0 Å². The molecule has 3 amide bonds. The van der Waals surface area contributed by atoms with E-state index in [-0.39, 0.29) is 6.42 Å². The Labute approximate surface area is 747 Å². The first kappa shape index (κ1) is 113. The predicted molar refractivity (Wildman–Crippen MR) is 447 cm³/mol. The normalized spacial score (nSPS) is 35.0. The number of rotatable bonds is 62. The van der Waals surface area contributed by atoms with Crippen molar-refractivity contribution in [3.8, 4) is 0 Å². The summed E-state index contributed by atoms with van der Waals surface area (Å²) in [7, 11) is 0. The Morgan fingerprint density at radius 2 is 0.789 bits per heavy atom. The highest BCUT2D eigenvalue weighted by Crippen LogP contribution is 2.43. The van der Waals surface area contributed by atoms with Crippen LogP contribution in [-0.2, 0) is 80.8 Å². The summed E-state index contributed by atoms with van der Waals surface area (Å²) in [5.74, 6) is -13.6. The van der Waals surface area contributed by atoms with Crippen molar-refractivity contribution in [2.75, 3.05) is 46.2 Å². The number of aliphatic hydroxyl groups excluding tert-OH is 20. The number of amides is 3. The average Bonchev–Trinajstić information content (AvgIpc) is 0.749. The third kappa shape index (κ3) is 33.4. The van der Waals surface area contributed by atoms with Crippen LogP contribution in [0, 0.1) is 0 Å². The van der Waals surface area contributed by atoms with Crippen molar-refractivity contribution in [2.45, 2.75) is 453 Å². The highest BCUT2D eigenvalue weighted by Gasteiger charge is 2.64. The van der Waals surface area contributed by atoms with Crippen molar-refractivity contribution in [3.63, 3.8) is 0 Å². The van der Waals surface area contributed by atoms with E-state index in [1.54, 1.807) is 6.08 Å². The van der Waals surface area contributed by atoms with Crippen LogP contribution in [-0.4, -0.2) is 396 Å². The zero-order chi connectivity index (χ0) is 94.4. The largest absolute Gasteiger partial charge is 0.477 e. The lowest BCUT2D eigenvalue weighted by Gasteiger charge is -2.52. The summed E-state index contributed by atoms with van der Waals surface area (Å²) in [5, 5.41) is 254. The molecule has 6 saturated heterocycles. The summed E-state index contributed by atoms with van der Waals surface area (Å²) in [5.41, 5.74) is 0. The number of allylic oxidation sites excluding steroid dienone is 1. The molecule has 42 nitrogen and oxygen atoms in total. The van der Waals surface area contributed by atoms with E-state index in [1.807, 2.05) is 0 Å². The number of hydrogen-bond acceptors (Lipinski definition) is 37. The van der Waals surface area contributed by atoms with Gasteiger partial charge in [-0.3, -0.25) is 14.4 Å². The number of ether oxygens (including phenoxy) is 12. The average molecular weight is 1850 g/mol. The summed E-state index contributed by atoms with van der Waals surface area (Å²) in [6, 6.07) is -5.08. The smallest absolute Gasteiger partial charge is 0.364 e. The SMILES string of the molecule is CCCCCCCCCCCCC/C=C/[C@@H](O)[C@H](CO[C@@H]1OC(CO)[C@@H](O[C@@H]2OC(CO)[C@H](O[C@@H]3OC(CO)[C@H](O)[C@H](O[C@@H]4OC(CO)[C@H](O)[C@H](O[C@]5(C(=O)O)CC(O)[C@@H](NC(C)=O)C([C@H](O)[C@H](O)CO)O5)C4O)C3NC(C)=O)[C@H](O[C@]3(C(=O)O)CC(O)[C@@H](O)C([C@H](O)[C@H](O)CO)O3)C2O)[C@H](O)C1O)NC(=O)CCCCCCCCCCCCCCCCCCCCC. The third-order valence-electron chi connectivity index (χ3n) is 24.7. The molecule has 0 aromatic carbocycles. The number of aliphatic hydroxyl groups is 20. The molecular formula is C86H153N3O39. The molecule has 6 aliphatic heterocycles. The van der Waals surface area contributed by atoms with Gasteiger partial charge < -0.3 is 185 Å². The van der Waals surface area contributed by atoms with E-state index in [9.17, 15) is 136 Å². The van der Waals surface area contributed by atoms with Crippen LogP contribution >= 0.6 is 0 Å². The Kier molecular flexibility index (Phi) is 51.3. The molecule has 0 radical (unpaired) electrons. The van der Waals surface area contributed by atoms with Gasteiger partial charge in [0.1, 0.15) is 140 Å². The molecule has 746 valence electrons. The molecule has 34 atom stereocenters. The van der Waals surface area contributed by atoms with Gasteiger partial charge in [0.25, 0.3) is 11.6 Å². The topological polar surface area (TPSA) is 677 Å². The zero-order valence-corrected chi connectivity index (χ0v) is 74.4. The number of hydrogen-bond donors (Lipinski definition) is 25. The highest BCUT2D eigenvalue weighted by molar-refractivity contribution is 5.77. The Bertz CT molecular complexity index is 3150. The van der Waals surface area contributed by atoms with Crippen molar-refractivity contribution in [1.82, 2.24) is 16.0 Å². The maximum absolute atomic E-state index is 13.8. The fraction of sp³-hybridized carbons (Fsp3) is 0.919. The molecule has 12 unspecified atom stereocenters. The van der Waals surface area contributed by atoms with Crippen molar-refractivity contribution in [1.29, 1.82) is 0 Å². The second-order valence-corrected chi connectivity index (χ2v) is 34.9. The molecule has 6 fully saturated rings. The zero-order valence-electron chi connectivity index (χ0n) is 74.4. The van der Waals surface area contributed by atoms with Crippen LogP contribution in [0.25, 0.3) is 0 Å². The van der Waals surface area contributed by atoms with Crippen LogP contribution in [0.1, 0.15) is 246 Å². The number of aliphatic carboxylic acids is 2. The number of carbonyl (C=O) groups excluding carboxylic acids is 3. The van der Waals surface area contributed by atoms with Crippen molar-refractivity contribution in [2.24, 2.45) is 0 Å². The molecule has 0 aromatic heterocycles. The van der Waals surface area contributed by atoms with Gasteiger partial charge in [-0.05, 0) is 19.3 Å². The number of nitrogens with one attached hydrogen (secondary N) is 3. The summed E-state index contributed by atoms with van der Waals surface area (Å²) in [6.07, 6.45) is -29.1. The van der Waals surface area contributed by atoms with E-state index >= 15 is 0 Å². The molecular weight excluding hydrogens is 1700 g/mol. The summed E-state index contributed by atoms with van der Waals surface area (Å²) >= 11 is 0. The maximum Gasteiger partial charge on any atom is 0.364 e. The lowest BCUT2D eigenvalue weighted by atomic mass is 9.88. The molecule has 0 bridgehead atoms. The predicted octanol–water partition coefficient (Wildman–Crippen LogP) is -2.45. The van der Waals surface area contributed by atoms with Crippen LogP contribution < -0.4 is 16.0 Å². The number of unbranched alkanes of at least 4 members (excludes halogenated alkanes) is 29. The van der Waals surface area contributed by atoms with Crippen LogP contribution in [0.15, 0.2) is 12.2 Å². The molecule has 6 rings (SSSR count). The molecule has 0 aliphatic carbocycles. The molecule has 0 aromatic rings. The Morgan fingerprint density at radius 1 is 0.406 bits per heavy atom. The number of carboxylic acids is 2. The molecule has 6 heterocycles. The molecule has 42 heteroatoms. The van der Waals surface area contributed by atoms with Crippen molar-refractivity contribution in [3.05, 3.63) is 12.2 Å². The second-order valence-electron chi connectivity index (χ2n) is 34.9. The fourth-order valence-corrected chi connectivity index (χ4v) is 17.2. The van der Waals surface area contributed by atoms with Gasteiger partial charge in [-0.15, -0.1) is 0 Å². The lowest BCUT2D eigenvalue weighted by molar-refractivity contribution is -0.407. The monoisotopic (exact) mass is 1850 g/mol. The van der Waals surface area contributed by atoms with E-state index in [0.717, 1.165) is 78.1 Å². The van der Waals surface area contributed by atoms with Gasteiger partial charge in [-0.25, -0.2) is 9.59 Å². The third-order valence-corrected chi connectivity index (χ3v) is 24.7. The van der Waals surface area contributed by atoms with Gasteiger partial charge in [0.15, 0.2) is 25.2 Å². The Morgan fingerprint density at radius 3 is 1.26 bits per heavy atom. The molecule has 0 spiro atoms. The summed E-state index contributed by atoms with van der Waals surface area (Å²) in [4.78, 5) is 66.7. The summed E-state index contributed by atoms with van der Waals surface area (Å²) < 4.78 is 71.9. The number of carboxylic acid groups (broad SMARTS) is 2. The van der Waals surface area contributed by atoms with Crippen LogP contribution in [0.4, 0.5) is 0 Å². The quantitative estimate of drug-likeness (QED) is 0.0222. The number of carbonyl (C=O) groups is 5. The first-order chi connectivity index (χ1) is 61.2. The van der Waals surface area contributed by atoms with E-state index in [4.69, 9.17) is 56.8 Å². The first-order valence-electron chi connectivity index (χ1n) is 46.2. The van der Waals surface area contributed by atoms with Crippen LogP contribution in [0.5, 0.6) is 0 Å². The van der Waals surface area contributed by atoms with E-state index in [2.05, 4.69) is 29.8 Å². The second kappa shape index (κ2) is 58.3. The van der Waals surface area contributed by atoms with Crippen molar-refractivity contribution >= 4 is 29.7 Å². The minimum absolute atomic E-state index is 0.0998. The van der Waals surface area contributed by atoms with Gasteiger partial charge in [0.2, 0.25) is 17.7 Å². The lowest BCUT2D eigenvalue weighted by Crippen LogP contribution is -2.72. The van der Waals surface area contributed by atoms with Gasteiger partial charge >= 0.3 is 11.9 Å². The van der Waals surface area contributed by atoms with Gasteiger partial charge in [-0.1, -0.05) is 206 Å². The summed E-state index contributed by atoms with van der Waals surface area (Å²) in [6.45, 7) is -1.72. The molecule has 0 saturated carbocycles. The molecule has 25 N–H and O–H groups in total. The standard InChI is InChI=1S/C86H153N3O39/c1-5-7-9-11-13-15-17-19-20-21-22-23-24-26-28-30-32-34-36-38-60(103)89-50(51(98)37-35-33-31-29-27-25-18-16-14-12-10-8-6-2)47-117-80-69(110)68(109)72(58(45-94)120-80)122-82-71(112)78(128-86(84(115)116)40-53(100)63(104)76(126-86)65(106)55(102)42-91)73(59(46-95)121-82)123-79-62(88-49(4)97)74(66(107)56(43-92)118-79)124-81-70(111)77(67(108)57(44-93)119-81)127-85(83(113)114)39-52(99)61(87-48(3)96)75(125-85)64(105)54(101)41-90/h35,37,50-59,61-82,90-95,98-102,104-112H,5-34,36,38-47H2,1-4H3,(H,87,96)(H,88,97)(H,89,103)(H,113,114)(H,115,116)/b37-35+/t50-,51+,52?,53?,54+,55+,56?,57?,58?,59?,61+,62?,63+,64+,65+,66-,67-,68+,69?,70?,71?,72+,73-,74+,75?,76?,77-,78+,79-,80+,81-,82-,85-,86-/m0/s1. The minimum atomic E-state index is -3.50.